The van der Waals surface area contributed by atoms with Crippen LogP contribution in [-0.2, 0) is 16.1 Å². The second kappa shape index (κ2) is 6.19. The second-order valence-corrected chi connectivity index (χ2v) is 5.21. The molecule has 1 aromatic carbocycles. The lowest BCUT2D eigenvalue weighted by Crippen LogP contribution is -2.51. The predicted octanol–water partition coefficient (Wildman–Crippen LogP) is 1.49. The number of likely N-dealkylation sites (tertiary alicyclic amines) is 1. The van der Waals surface area contributed by atoms with Crippen LogP contribution in [0.2, 0.25) is 5.02 Å². The topological polar surface area (TPSA) is 92.6 Å². The van der Waals surface area contributed by atoms with Crippen molar-refractivity contribution in [3.05, 3.63) is 38.9 Å². The van der Waals surface area contributed by atoms with E-state index in [1.165, 1.54) is 19.2 Å². The molecule has 0 radical (unpaired) electrons. The molecule has 7 nitrogen and oxygen atoms in total. The van der Waals surface area contributed by atoms with Crippen molar-refractivity contribution in [3.8, 4) is 0 Å². The van der Waals surface area contributed by atoms with Crippen molar-refractivity contribution in [2.75, 3.05) is 7.05 Å². The van der Waals surface area contributed by atoms with E-state index in [2.05, 4.69) is 5.32 Å². The normalized spacial score (nSPS) is 19.0. The Labute approximate surface area is 126 Å². The maximum Gasteiger partial charge on any atom is 0.288 e. The Kier molecular flexibility index (Phi) is 4.54. The Balaban J connectivity index is 2.03. The zero-order valence-corrected chi connectivity index (χ0v) is 12.1. The third-order valence-corrected chi connectivity index (χ3v) is 3.73. The molecule has 0 aliphatic carbocycles. The number of nitro groups is 1. The van der Waals surface area contributed by atoms with Crippen LogP contribution in [0.3, 0.4) is 0 Å². The molecule has 2 rings (SSSR count). The summed E-state index contributed by atoms with van der Waals surface area (Å²) in [5, 5.41) is 13.9. The van der Waals surface area contributed by atoms with E-state index < -0.39 is 11.0 Å². The number of halogens is 1. The van der Waals surface area contributed by atoms with Crippen LogP contribution in [0.25, 0.3) is 0 Å². The van der Waals surface area contributed by atoms with Crippen LogP contribution in [0.1, 0.15) is 18.4 Å². The lowest BCUT2D eigenvalue weighted by atomic mass is 10.0. The van der Waals surface area contributed by atoms with Gasteiger partial charge in [0.25, 0.3) is 5.69 Å². The Morgan fingerprint density at radius 1 is 1.48 bits per heavy atom. The van der Waals surface area contributed by atoms with E-state index in [1.54, 1.807) is 6.07 Å². The summed E-state index contributed by atoms with van der Waals surface area (Å²) in [4.78, 5) is 34.6. The number of benzene rings is 1. The van der Waals surface area contributed by atoms with Crippen LogP contribution in [0.5, 0.6) is 0 Å². The van der Waals surface area contributed by atoms with Crippen molar-refractivity contribution < 1.29 is 14.5 Å². The van der Waals surface area contributed by atoms with Crippen LogP contribution in [0.4, 0.5) is 5.69 Å². The molecule has 1 fully saturated rings. The van der Waals surface area contributed by atoms with E-state index >= 15 is 0 Å². The van der Waals surface area contributed by atoms with Gasteiger partial charge in [0, 0.05) is 26.1 Å². The third-order valence-electron chi connectivity index (χ3n) is 3.41. The van der Waals surface area contributed by atoms with Gasteiger partial charge in [0.15, 0.2) is 0 Å². The highest BCUT2D eigenvalue weighted by molar-refractivity contribution is 6.32. The minimum absolute atomic E-state index is 0.0721. The van der Waals surface area contributed by atoms with Crippen molar-refractivity contribution in [3.63, 3.8) is 0 Å². The van der Waals surface area contributed by atoms with Crippen molar-refractivity contribution in [1.82, 2.24) is 10.2 Å². The fourth-order valence-electron chi connectivity index (χ4n) is 2.15. The highest BCUT2D eigenvalue weighted by atomic mass is 35.5. The minimum Gasteiger partial charge on any atom is -0.302 e. The van der Waals surface area contributed by atoms with Gasteiger partial charge < -0.3 is 5.32 Å². The molecule has 8 heteroatoms. The zero-order valence-electron chi connectivity index (χ0n) is 11.3. The number of hydrogen-bond donors (Lipinski definition) is 1. The molecular weight excluding hydrogens is 298 g/mol. The molecule has 112 valence electrons. The van der Waals surface area contributed by atoms with Crippen LogP contribution in [-0.4, -0.2) is 34.7 Å². The highest BCUT2D eigenvalue weighted by Crippen LogP contribution is 2.25. The molecule has 1 saturated heterocycles. The van der Waals surface area contributed by atoms with Crippen LogP contribution in [0, 0.1) is 10.1 Å². The number of carbonyl (C=O) groups excluding carboxylic acids is 2. The average Bonchev–Trinajstić information content (AvgIpc) is 2.45. The number of amides is 2. The second-order valence-electron chi connectivity index (χ2n) is 4.81. The van der Waals surface area contributed by atoms with E-state index in [0.29, 0.717) is 18.4 Å². The molecule has 1 atom stereocenters. The lowest BCUT2D eigenvalue weighted by molar-refractivity contribution is -0.384. The molecule has 0 saturated carbocycles. The molecule has 1 heterocycles. The zero-order chi connectivity index (χ0) is 15.6. The fourth-order valence-corrected chi connectivity index (χ4v) is 2.34. The molecule has 0 bridgehead atoms. The molecule has 0 spiro atoms. The first-order valence-electron chi connectivity index (χ1n) is 6.36. The summed E-state index contributed by atoms with van der Waals surface area (Å²) in [6, 6.07) is 4.03. The van der Waals surface area contributed by atoms with Gasteiger partial charge in [-0.15, -0.1) is 0 Å². The Morgan fingerprint density at radius 2 is 2.19 bits per heavy atom. The molecule has 1 aliphatic rings. The Hall–Kier alpha value is -1.99. The first-order valence-corrected chi connectivity index (χ1v) is 6.74. The summed E-state index contributed by atoms with van der Waals surface area (Å²) >= 11 is 5.74. The van der Waals surface area contributed by atoms with E-state index in [0.717, 1.165) is 4.90 Å². The first-order chi connectivity index (χ1) is 9.90. The lowest BCUT2D eigenvalue weighted by Gasteiger charge is -2.28. The van der Waals surface area contributed by atoms with Crippen LogP contribution in [0.15, 0.2) is 18.2 Å². The number of imide groups is 1. The quantitative estimate of drug-likeness (QED) is 0.516. The molecule has 1 unspecified atom stereocenters. The summed E-state index contributed by atoms with van der Waals surface area (Å²) < 4.78 is 0. The van der Waals surface area contributed by atoms with Gasteiger partial charge in [0.2, 0.25) is 11.8 Å². The van der Waals surface area contributed by atoms with E-state index in [9.17, 15) is 19.7 Å². The summed E-state index contributed by atoms with van der Waals surface area (Å²) in [6.07, 6.45) is 0.734. The standard InChI is InChI=1S/C13H14ClN3O4/c1-16-12(18)5-4-10(13(16)19)15-7-8-2-3-9(14)11(6-8)17(20)21/h2-3,6,10,15H,4-5,7H2,1H3. The van der Waals surface area contributed by atoms with Gasteiger partial charge in [0.05, 0.1) is 11.0 Å². The van der Waals surface area contributed by atoms with E-state index in [-0.39, 0.29) is 29.1 Å². The van der Waals surface area contributed by atoms with Crippen molar-refractivity contribution >= 4 is 29.1 Å². The van der Waals surface area contributed by atoms with Crippen molar-refractivity contribution in [2.45, 2.75) is 25.4 Å². The van der Waals surface area contributed by atoms with Crippen LogP contribution >= 0.6 is 11.6 Å². The van der Waals surface area contributed by atoms with Crippen LogP contribution < -0.4 is 5.32 Å². The monoisotopic (exact) mass is 311 g/mol. The SMILES string of the molecule is CN1C(=O)CCC(NCc2ccc(Cl)c([N+](=O)[O-])c2)C1=O. The number of nitrogens with one attached hydrogen (secondary N) is 1. The summed E-state index contributed by atoms with van der Waals surface area (Å²) in [6.45, 7) is 0.288. The highest BCUT2D eigenvalue weighted by Gasteiger charge is 2.31. The minimum atomic E-state index is -0.552. The predicted molar refractivity (Wildman–Crippen MR) is 75.7 cm³/mol. The molecular formula is C13H14ClN3O4. The largest absolute Gasteiger partial charge is 0.302 e. The molecule has 0 aromatic heterocycles. The number of hydrogen-bond acceptors (Lipinski definition) is 5. The van der Waals surface area contributed by atoms with E-state index in [4.69, 9.17) is 11.6 Å². The number of nitro benzene ring substituents is 1. The first kappa shape index (κ1) is 15.4. The van der Waals surface area contributed by atoms with Gasteiger partial charge >= 0.3 is 0 Å². The van der Waals surface area contributed by atoms with Gasteiger partial charge in [-0.25, -0.2) is 0 Å². The molecule has 1 aliphatic heterocycles. The van der Waals surface area contributed by atoms with Crippen molar-refractivity contribution in [1.29, 1.82) is 0 Å². The van der Waals surface area contributed by atoms with Gasteiger partial charge in [-0.2, -0.15) is 0 Å². The van der Waals surface area contributed by atoms with Gasteiger partial charge in [0.1, 0.15) is 5.02 Å². The molecule has 1 N–H and O–H groups in total. The molecule has 21 heavy (non-hydrogen) atoms. The number of likely N-dealkylation sites (N-methyl/N-ethyl adjacent to an activating group) is 1. The van der Waals surface area contributed by atoms with Gasteiger partial charge in [-0.05, 0) is 18.1 Å². The number of nitrogens with zero attached hydrogens (tertiary/aromatic N) is 2. The maximum atomic E-state index is 11.9. The number of piperidine rings is 1. The third kappa shape index (κ3) is 3.37. The number of carbonyl (C=O) groups is 2. The molecule has 2 amide bonds. The smallest absolute Gasteiger partial charge is 0.288 e. The fraction of sp³-hybridized carbons (Fsp3) is 0.385. The summed E-state index contributed by atoms with van der Waals surface area (Å²) in [7, 11) is 1.45. The van der Waals surface area contributed by atoms with Crippen molar-refractivity contribution in [2.24, 2.45) is 0 Å². The Bertz CT molecular complexity index is 605. The molecule has 1 aromatic rings. The average molecular weight is 312 g/mol. The van der Waals surface area contributed by atoms with E-state index in [1.807, 2.05) is 0 Å². The number of rotatable bonds is 4. The summed E-state index contributed by atoms with van der Waals surface area (Å²) in [5.41, 5.74) is 0.483. The maximum absolute atomic E-state index is 11.9. The van der Waals surface area contributed by atoms with Gasteiger partial charge in [-0.1, -0.05) is 17.7 Å². The van der Waals surface area contributed by atoms with Gasteiger partial charge in [-0.3, -0.25) is 24.6 Å². The Morgan fingerprint density at radius 3 is 2.86 bits per heavy atom. The summed E-state index contributed by atoms with van der Waals surface area (Å²) in [5.74, 6) is -0.477.